The normalized spacial score (nSPS) is 20.9. The van der Waals surface area contributed by atoms with E-state index >= 15 is 0 Å². The maximum Gasteiger partial charge on any atom is 0.322 e. The van der Waals surface area contributed by atoms with E-state index in [1.165, 1.54) is 12.1 Å². The molecule has 3 N–H and O–H groups in total. The van der Waals surface area contributed by atoms with Gasteiger partial charge in [-0.3, -0.25) is 10.1 Å². The van der Waals surface area contributed by atoms with E-state index in [1.807, 2.05) is 6.92 Å². The largest absolute Gasteiger partial charge is 0.385 e. The van der Waals surface area contributed by atoms with E-state index in [4.69, 9.17) is 0 Å². The highest BCUT2D eigenvalue weighted by molar-refractivity contribution is 6.07. The number of carbonyl (C=O) groups excluding carboxylic acids is 2. The zero-order valence-corrected chi connectivity index (χ0v) is 13.8. The lowest BCUT2D eigenvalue weighted by atomic mass is 9.83. The number of imide groups is 1. The molecule has 6 heteroatoms. The number of halogens is 1. The van der Waals surface area contributed by atoms with E-state index in [0.717, 1.165) is 11.1 Å². The molecule has 0 spiro atoms. The van der Waals surface area contributed by atoms with Crippen LogP contribution in [-0.2, 0) is 4.79 Å². The summed E-state index contributed by atoms with van der Waals surface area (Å²) in [4.78, 5) is 23.8. The Hall–Kier alpha value is -2.73. The molecule has 2 aromatic rings. The number of hydrogen-bond acceptors (Lipinski definition) is 3. The zero-order chi connectivity index (χ0) is 18.0. The van der Waals surface area contributed by atoms with E-state index in [1.54, 1.807) is 36.4 Å². The Labute approximate surface area is 144 Å². The number of rotatable bonds is 5. The summed E-state index contributed by atoms with van der Waals surface area (Å²) in [7, 11) is 0. The van der Waals surface area contributed by atoms with Gasteiger partial charge in [0.1, 0.15) is 11.9 Å². The fraction of sp³-hybridized carbons (Fsp3) is 0.263. The highest BCUT2D eigenvalue weighted by Gasteiger charge is 2.51. The van der Waals surface area contributed by atoms with Gasteiger partial charge in [0.25, 0.3) is 5.91 Å². The van der Waals surface area contributed by atoms with Crippen LogP contribution in [0.25, 0.3) is 11.1 Å². The third kappa shape index (κ3) is 3.13. The fourth-order valence-electron chi connectivity index (χ4n) is 3.19. The highest BCUT2D eigenvalue weighted by atomic mass is 19.1. The lowest BCUT2D eigenvalue weighted by molar-refractivity contribution is -0.128. The molecule has 2 aromatic carbocycles. The molecule has 0 bridgehead atoms. The molecular formula is C19H19FN2O3. The maximum absolute atomic E-state index is 13.0. The smallest absolute Gasteiger partial charge is 0.322 e. The second kappa shape index (κ2) is 6.64. The van der Waals surface area contributed by atoms with Gasteiger partial charge in [0.15, 0.2) is 5.54 Å². The molecule has 1 fully saturated rings. The summed E-state index contributed by atoms with van der Waals surface area (Å²) in [5, 5.41) is 15.5. The van der Waals surface area contributed by atoms with Crippen molar-refractivity contribution in [2.24, 2.45) is 0 Å². The number of urea groups is 1. The predicted octanol–water partition coefficient (Wildman–Crippen LogP) is 2.90. The Kier molecular flexibility index (Phi) is 4.55. The van der Waals surface area contributed by atoms with E-state index in [2.05, 4.69) is 10.6 Å². The molecule has 0 aromatic heterocycles. The van der Waals surface area contributed by atoms with Gasteiger partial charge < -0.3 is 10.4 Å². The van der Waals surface area contributed by atoms with Crippen LogP contribution in [0.4, 0.5) is 9.18 Å². The van der Waals surface area contributed by atoms with Crippen molar-refractivity contribution in [1.29, 1.82) is 0 Å². The van der Waals surface area contributed by atoms with Crippen molar-refractivity contribution in [2.45, 2.75) is 31.4 Å². The summed E-state index contributed by atoms with van der Waals surface area (Å²) < 4.78 is 13.0. The molecule has 25 heavy (non-hydrogen) atoms. The lowest BCUT2D eigenvalue weighted by Crippen LogP contribution is -2.51. The maximum atomic E-state index is 13.0. The Bertz CT molecular complexity index is 789. The number of amides is 3. The van der Waals surface area contributed by atoms with Gasteiger partial charge >= 0.3 is 6.03 Å². The Morgan fingerprint density at radius 3 is 2.08 bits per heavy atom. The first-order chi connectivity index (χ1) is 12.0. The summed E-state index contributed by atoms with van der Waals surface area (Å²) in [5.74, 6) is -0.824. The zero-order valence-electron chi connectivity index (χ0n) is 13.8. The first-order valence-electron chi connectivity index (χ1n) is 8.14. The number of aliphatic hydroxyl groups is 1. The van der Waals surface area contributed by atoms with Gasteiger partial charge in [-0.15, -0.1) is 0 Å². The minimum Gasteiger partial charge on any atom is -0.385 e. The Balaban J connectivity index is 1.89. The van der Waals surface area contributed by atoms with Gasteiger partial charge in [0, 0.05) is 0 Å². The van der Waals surface area contributed by atoms with Crippen LogP contribution < -0.4 is 10.6 Å². The van der Waals surface area contributed by atoms with Crippen molar-refractivity contribution >= 4 is 11.9 Å². The molecule has 0 radical (unpaired) electrons. The molecule has 130 valence electrons. The highest BCUT2D eigenvalue weighted by Crippen LogP contribution is 2.33. The monoisotopic (exact) mass is 342 g/mol. The quantitative estimate of drug-likeness (QED) is 0.731. The lowest BCUT2D eigenvalue weighted by Gasteiger charge is -2.31. The molecule has 2 atom stereocenters. The Morgan fingerprint density at radius 2 is 1.60 bits per heavy atom. The first-order valence-corrected chi connectivity index (χ1v) is 8.14. The number of hydrogen-bond donors (Lipinski definition) is 3. The third-order valence-corrected chi connectivity index (χ3v) is 4.48. The minimum absolute atomic E-state index is 0.305. The van der Waals surface area contributed by atoms with Crippen molar-refractivity contribution in [3.8, 4) is 11.1 Å². The van der Waals surface area contributed by atoms with Gasteiger partial charge in [0.2, 0.25) is 0 Å². The van der Waals surface area contributed by atoms with Crippen molar-refractivity contribution in [3.63, 3.8) is 0 Å². The van der Waals surface area contributed by atoms with Crippen LogP contribution in [0, 0.1) is 5.82 Å². The molecular weight excluding hydrogens is 323 g/mol. The molecule has 1 saturated heterocycles. The SMILES string of the molecule is CCCC1(C(O)c2ccc(-c3ccc(F)cc3)cc2)NC(=O)NC1=O. The van der Waals surface area contributed by atoms with E-state index in [-0.39, 0.29) is 5.82 Å². The van der Waals surface area contributed by atoms with Crippen LogP contribution in [0.15, 0.2) is 48.5 Å². The fourth-order valence-corrected chi connectivity index (χ4v) is 3.19. The van der Waals surface area contributed by atoms with Crippen LogP contribution >= 0.6 is 0 Å². The van der Waals surface area contributed by atoms with Crippen LogP contribution in [0.1, 0.15) is 31.4 Å². The predicted molar refractivity (Wildman–Crippen MR) is 91.1 cm³/mol. The number of aliphatic hydroxyl groups excluding tert-OH is 1. The molecule has 2 unspecified atom stereocenters. The second-order valence-corrected chi connectivity index (χ2v) is 6.16. The van der Waals surface area contributed by atoms with E-state index in [9.17, 15) is 19.1 Å². The van der Waals surface area contributed by atoms with Gasteiger partial charge in [-0.25, -0.2) is 9.18 Å². The number of nitrogens with one attached hydrogen (secondary N) is 2. The van der Waals surface area contributed by atoms with Gasteiger partial charge in [-0.1, -0.05) is 49.7 Å². The van der Waals surface area contributed by atoms with Crippen LogP contribution in [0.2, 0.25) is 0 Å². The Morgan fingerprint density at radius 1 is 1.04 bits per heavy atom. The minimum atomic E-state index is -1.36. The summed E-state index contributed by atoms with van der Waals surface area (Å²) in [6, 6.07) is 12.5. The molecule has 1 aliphatic rings. The number of benzene rings is 2. The molecule has 3 amide bonds. The average Bonchev–Trinajstić information content (AvgIpc) is 2.90. The summed E-state index contributed by atoms with van der Waals surface area (Å²) in [6.45, 7) is 1.88. The summed E-state index contributed by atoms with van der Waals surface area (Å²) in [5.41, 5.74) is 0.873. The van der Waals surface area contributed by atoms with Crippen LogP contribution in [-0.4, -0.2) is 22.6 Å². The van der Waals surface area contributed by atoms with Gasteiger partial charge in [-0.05, 0) is 35.2 Å². The standard InChI is InChI=1S/C19H19FN2O3/c1-2-11-19(17(24)21-18(25)22-19)16(23)14-5-3-12(4-6-14)13-7-9-15(20)10-8-13/h3-10,16,23H,2,11H2,1H3,(H2,21,22,24,25). The summed E-state index contributed by atoms with van der Waals surface area (Å²) >= 11 is 0. The van der Waals surface area contributed by atoms with Crippen LogP contribution in [0.3, 0.4) is 0 Å². The third-order valence-electron chi connectivity index (χ3n) is 4.48. The molecule has 1 heterocycles. The van der Waals surface area contributed by atoms with E-state index in [0.29, 0.717) is 18.4 Å². The first kappa shape index (κ1) is 17.1. The molecule has 0 aliphatic carbocycles. The van der Waals surface area contributed by atoms with Crippen molar-refractivity contribution < 1.29 is 19.1 Å². The topological polar surface area (TPSA) is 78.4 Å². The average molecular weight is 342 g/mol. The van der Waals surface area contributed by atoms with Crippen LogP contribution in [0.5, 0.6) is 0 Å². The second-order valence-electron chi connectivity index (χ2n) is 6.16. The molecule has 5 nitrogen and oxygen atoms in total. The van der Waals surface area contributed by atoms with E-state index < -0.39 is 23.6 Å². The van der Waals surface area contributed by atoms with Gasteiger partial charge in [0.05, 0.1) is 0 Å². The summed E-state index contributed by atoms with van der Waals surface area (Å²) in [6.07, 6.45) is -0.217. The molecule has 3 rings (SSSR count). The van der Waals surface area contributed by atoms with Crippen molar-refractivity contribution in [3.05, 3.63) is 59.9 Å². The number of carbonyl (C=O) groups is 2. The van der Waals surface area contributed by atoms with Crippen molar-refractivity contribution in [2.75, 3.05) is 0 Å². The van der Waals surface area contributed by atoms with Gasteiger partial charge in [-0.2, -0.15) is 0 Å². The van der Waals surface area contributed by atoms with Crippen molar-refractivity contribution in [1.82, 2.24) is 10.6 Å². The molecule has 0 saturated carbocycles. The molecule has 1 aliphatic heterocycles.